The maximum absolute atomic E-state index is 11.7. The van der Waals surface area contributed by atoms with E-state index < -0.39 is 6.10 Å². The van der Waals surface area contributed by atoms with E-state index in [1.54, 1.807) is 5.38 Å². The minimum atomic E-state index is -0.591. The van der Waals surface area contributed by atoms with Crippen molar-refractivity contribution in [2.45, 2.75) is 33.8 Å². The van der Waals surface area contributed by atoms with Crippen LogP contribution < -0.4 is 5.32 Å². The molecular formula is C12H20N2O2S. The predicted molar refractivity (Wildman–Crippen MR) is 69.1 cm³/mol. The van der Waals surface area contributed by atoms with Gasteiger partial charge in [0.2, 0.25) is 0 Å². The summed E-state index contributed by atoms with van der Waals surface area (Å²) in [6.07, 6.45) is -0.591. The highest BCUT2D eigenvalue weighted by molar-refractivity contribution is 7.09. The van der Waals surface area contributed by atoms with Crippen LogP contribution in [0.1, 0.15) is 49.3 Å². The van der Waals surface area contributed by atoms with Gasteiger partial charge in [-0.25, -0.2) is 4.98 Å². The van der Waals surface area contributed by atoms with Crippen LogP contribution in [-0.2, 0) is 0 Å². The summed E-state index contributed by atoms with van der Waals surface area (Å²) in [4.78, 5) is 15.9. The third kappa shape index (κ3) is 4.09. The summed E-state index contributed by atoms with van der Waals surface area (Å²) in [7, 11) is 0. The molecule has 0 aromatic carbocycles. The van der Waals surface area contributed by atoms with Gasteiger partial charge in [-0.15, -0.1) is 11.3 Å². The zero-order valence-electron chi connectivity index (χ0n) is 10.7. The molecule has 0 saturated carbocycles. The number of hydrogen-bond acceptors (Lipinski definition) is 4. The number of carbonyl (C=O) groups is 1. The van der Waals surface area contributed by atoms with Crippen LogP contribution in [0.4, 0.5) is 0 Å². The lowest BCUT2D eigenvalue weighted by Crippen LogP contribution is -2.27. The highest BCUT2D eigenvalue weighted by atomic mass is 32.1. The van der Waals surface area contributed by atoms with Gasteiger partial charge in [-0.2, -0.15) is 0 Å². The molecule has 1 aromatic heterocycles. The summed E-state index contributed by atoms with van der Waals surface area (Å²) in [5.74, 6) is 0.350. The molecule has 1 heterocycles. The molecule has 1 aromatic rings. The van der Waals surface area contributed by atoms with Gasteiger partial charge in [0.15, 0.2) is 0 Å². The van der Waals surface area contributed by atoms with Gasteiger partial charge in [0.1, 0.15) is 16.8 Å². The molecule has 4 nitrogen and oxygen atoms in total. The Morgan fingerprint density at radius 2 is 2.12 bits per heavy atom. The minimum absolute atomic E-state index is 0.104. The first kappa shape index (κ1) is 14.1. The second-order valence-corrected chi connectivity index (χ2v) is 5.75. The lowest BCUT2D eigenvalue weighted by atomic mass is 10.1. The van der Waals surface area contributed by atoms with E-state index in [1.165, 1.54) is 11.3 Å². The molecule has 0 radical (unpaired) electrons. The van der Waals surface area contributed by atoms with E-state index in [0.717, 1.165) is 0 Å². The van der Waals surface area contributed by atoms with Gasteiger partial charge in [-0.3, -0.25) is 4.79 Å². The lowest BCUT2D eigenvalue weighted by Gasteiger charge is -2.10. The maximum atomic E-state index is 11.7. The molecule has 0 saturated heterocycles. The van der Waals surface area contributed by atoms with Crippen LogP contribution in [0.3, 0.4) is 0 Å². The van der Waals surface area contributed by atoms with E-state index in [1.807, 2.05) is 27.7 Å². The number of rotatable bonds is 5. The minimum Gasteiger partial charge on any atom is -0.386 e. The van der Waals surface area contributed by atoms with Crippen LogP contribution in [0.15, 0.2) is 5.38 Å². The molecule has 96 valence electrons. The summed E-state index contributed by atoms with van der Waals surface area (Å²) >= 11 is 1.33. The number of carbonyl (C=O) groups excluding carboxylic acids is 1. The van der Waals surface area contributed by atoms with Gasteiger partial charge >= 0.3 is 0 Å². The Labute approximate surface area is 106 Å². The van der Waals surface area contributed by atoms with Gasteiger partial charge in [0, 0.05) is 11.9 Å². The fourth-order valence-corrected chi connectivity index (χ4v) is 2.16. The first-order valence-corrected chi connectivity index (χ1v) is 6.71. The van der Waals surface area contributed by atoms with Crippen molar-refractivity contribution in [3.63, 3.8) is 0 Å². The smallest absolute Gasteiger partial charge is 0.270 e. The van der Waals surface area contributed by atoms with Crippen LogP contribution in [0.5, 0.6) is 0 Å². The zero-order chi connectivity index (χ0) is 13.0. The van der Waals surface area contributed by atoms with Crippen molar-refractivity contribution in [3.05, 3.63) is 16.1 Å². The van der Waals surface area contributed by atoms with Crippen molar-refractivity contribution >= 4 is 17.2 Å². The zero-order valence-corrected chi connectivity index (χ0v) is 11.5. The molecular weight excluding hydrogens is 236 g/mol. The second-order valence-electron chi connectivity index (χ2n) is 4.86. The number of nitrogens with zero attached hydrogens (tertiary/aromatic N) is 1. The average Bonchev–Trinajstić information content (AvgIpc) is 2.73. The van der Waals surface area contributed by atoms with Crippen LogP contribution in [-0.4, -0.2) is 22.5 Å². The lowest BCUT2D eigenvalue weighted by molar-refractivity contribution is 0.0942. The van der Waals surface area contributed by atoms with Crippen molar-refractivity contribution < 1.29 is 9.90 Å². The molecule has 0 bridgehead atoms. The fraction of sp³-hybridized carbons (Fsp3) is 0.667. The Morgan fingerprint density at radius 3 is 2.65 bits per heavy atom. The van der Waals surface area contributed by atoms with E-state index in [2.05, 4.69) is 10.3 Å². The van der Waals surface area contributed by atoms with Crippen LogP contribution in [0, 0.1) is 11.8 Å². The molecule has 5 heteroatoms. The topological polar surface area (TPSA) is 62.2 Å². The Hall–Kier alpha value is -0.940. The highest BCUT2D eigenvalue weighted by Gasteiger charge is 2.18. The summed E-state index contributed by atoms with van der Waals surface area (Å²) < 4.78 is 0. The summed E-state index contributed by atoms with van der Waals surface area (Å²) in [6, 6.07) is 0. The standard InChI is InChI=1S/C12H20N2O2S/c1-7(2)5-13-11(16)9-6-17-12(14-9)10(15)8(3)4/h6-8,10,15H,5H2,1-4H3,(H,13,16). The Morgan fingerprint density at radius 1 is 1.47 bits per heavy atom. The van der Waals surface area contributed by atoms with E-state index >= 15 is 0 Å². The molecule has 2 N–H and O–H groups in total. The first-order chi connectivity index (χ1) is 7.91. The largest absolute Gasteiger partial charge is 0.386 e. The number of amides is 1. The van der Waals surface area contributed by atoms with Crippen LogP contribution in [0.25, 0.3) is 0 Å². The van der Waals surface area contributed by atoms with Crippen LogP contribution >= 0.6 is 11.3 Å². The monoisotopic (exact) mass is 256 g/mol. The van der Waals surface area contributed by atoms with E-state index in [4.69, 9.17) is 0 Å². The third-order valence-corrected chi connectivity index (χ3v) is 3.23. The van der Waals surface area contributed by atoms with Crippen molar-refractivity contribution in [1.82, 2.24) is 10.3 Å². The SMILES string of the molecule is CC(C)CNC(=O)c1csc(C(O)C(C)C)n1. The van der Waals surface area contributed by atoms with Gasteiger partial charge in [0.25, 0.3) is 5.91 Å². The molecule has 0 aliphatic rings. The second kappa shape index (κ2) is 6.12. The number of aromatic nitrogens is 1. The number of thiazole rings is 1. The van der Waals surface area contributed by atoms with Gasteiger partial charge in [-0.05, 0) is 11.8 Å². The molecule has 1 amide bonds. The van der Waals surface area contributed by atoms with Gasteiger partial charge in [0.05, 0.1) is 0 Å². The van der Waals surface area contributed by atoms with E-state index in [-0.39, 0.29) is 11.8 Å². The highest BCUT2D eigenvalue weighted by Crippen LogP contribution is 2.24. The maximum Gasteiger partial charge on any atom is 0.270 e. The Bertz CT molecular complexity index is 374. The molecule has 0 spiro atoms. The number of aliphatic hydroxyl groups is 1. The molecule has 17 heavy (non-hydrogen) atoms. The van der Waals surface area contributed by atoms with Gasteiger partial charge < -0.3 is 10.4 Å². The molecule has 1 unspecified atom stereocenters. The number of aliphatic hydroxyl groups excluding tert-OH is 1. The van der Waals surface area contributed by atoms with Crippen molar-refractivity contribution in [2.24, 2.45) is 11.8 Å². The van der Waals surface area contributed by atoms with Crippen molar-refractivity contribution in [3.8, 4) is 0 Å². The molecule has 1 atom stereocenters. The number of hydrogen-bond donors (Lipinski definition) is 2. The normalized spacial score (nSPS) is 13.1. The Kier molecular flexibility index (Phi) is 5.08. The molecule has 0 aliphatic carbocycles. The summed E-state index contributed by atoms with van der Waals surface area (Å²) in [6.45, 7) is 8.55. The summed E-state index contributed by atoms with van der Waals surface area (Å²) in [5.41, 5.74) is 0.394. The Balaban J connectivity index is 2.64. The van der Waals surface area contributed by atoms with Crippen molar-refractivity contribution in [2.75, 3.05) is 6.54 Å². The van der Waals surface area contributed by atoms with Crippen molar-refractivity contribution in [1.29, 1.82) is 0 Å². The quantitative estimate of drug-likeness (QED) is 0.849. The molecule has 0 fully saturated rings. The molecule has 1 rings (SSSR count). The molecule has 0 aliphatic heterocycles. The predicted octanol–water partition coefficient (Wildman–Crippen LogP) is 2.22. The van der Waals surface area contributed by atoms with Gasteiger partial charge in [-0.1, -0.05) is 27.7 Å². The van der Waals surface area contributed by atoms with E-state index in [0.29, 0.717) is 23.2 Å². The average molecular weight is 256 g/mol. The number of nitrogens with one attached hydrogen (secondary N) is 1. The third-order valence-electron chi connectivity index (χ3n) is 2.31. The summed E-state index contributed by atoms with van der Waals surface area (Å²) in [5, 5.41) is 14.9. The van der Waals surface area contributed by atoms with Crippen LogP contribution in [0.2, 0.25) is 0 Å². The first-order valence-electron chi connectivity index (χ1n) is 5.83. The fourth-order valence-electron chi connectivity index (χ4n) is 1.20. The van der Waals surface area contributed by atoms with E-state index in [9.17, 15) is 9.90 Å².